The van der Waals surface area contributed by atoms with Crippen molar-refractivity contribution in [1.29, 1.82) is 0 Å². The van der Waals surface area contributed by atoms with Crippen LogP contribution in [-0.2, 0) is 10.0 Å². The zero-order valence-corrected chi connectivity index (χ0v) is 14.3. The molecule has 0 saturated carbocycles. The van der Waals surface area contributed by atoms with Crippen molar-refractivity contribution < 1.29 is 8.42 Å². The van der Waals surface area contributed by atoms with Gasteiger partial charge in [0.1, 0.15) is 4.90 Å². The predicted molar refractivity (Wildman–Crippen MR) is 88.4 cm³/mol. The van der Waals surface area contributed by atoms with E-state index in [2.05, 4.69) is 31.0 Å². The maximum atomic E-state index is 12.5. The number of anilines is 2. The molecule has 2 aromatic rings. The van der Waals surface area contributed by atoms with Crippen molar-refractivity contribution in [2.24, 2.45) is 0 Å². The summed E-state index contributed by atoms with van der Waals surface area (Å²) in [6.07, 6.45) is 2.85. The number of nitrogens with one attached hydrogen (secondary N) is 2. The molecule has 2 N–H and O–H groups in total. The Labute approximate surface area is 136 Å². The SMILES string of the molecule is CCNc1ccncc1S(=O)(=O)Nc1ccc(Cl)cc1Br. The predicted octanol–water partition coefficient (Wildman–Crippen LogP) is 3.73. The Hall–Kier alpha value is -1.31. The Kier molecular flexibility index (Phi) is 5.08. The molecule has 112 valence electrons. The number of nitrogens with zero attached hydrogens (tertiary/aromatic N) is 1. The molecule has 1 heterocycles. The maximum absolute atomic E-state index is 12.5. The summed E-state index contributed by atoms with van der Waals surface area (Å²) >= 11 is 9.12. The molecule has 0 aliphatic heterocycles. The van der Waals surface area contributed by atoms with Gasteiger partial charge in [0.15, 0.2) is 0 Å². The van der Waals surface area contributed by atoms with E-state index in [1.807, 2.05) is 6.92 Å². The Morgan fingerprint density at radius 1 is 1.29 bits per heavy atom. The van der Waals surface area contributed by atoms with Crippen LogP contribution in [0, 0.1) is 0 Å². The summed E-state index contributed by atoms with van der Waals surface area (Å²) in [5.74, 6) is 0. The molecule has 1 aromatic heterocycles. The average Bonchev–Trinajstić information content (AvgIpc) is 2.43. The molecule has 0 bridgehead atoms. The number of rotatable bonds is 5. The number of hydrogen-bond donors (Lipinski definition) is 2. The van der Waals surface area contributed by atoms with Gasteiger partial charge in [0.05, 0.1) is 11.4 Å². The second kappa shape index (κ2) is 6.64. The lowest BCUT2D eigenvalue weighted by Gasteiger charge is -2.13. The van der Waals surface area contributed by atoms with Crippen molar-refractivity contribution >= 4 is 48.9 Å². The van der Waals surface area contributed by atoms with Gasteiger partial charge >= 0.3 is 0 Å². The minimum Gasteiger partial charge on any atom is -0.384 e. The van der Waals surface area contributed by atoms with Crippen LogP contribution < -0.4 is 10.0 Å². The smallest absolute Gasteiger partial charge is 0.265 e. The van der Waals surface area contributed by atoms with Gasteiger partial charge in [0.2, 0.25) is 0 Å². The zero-order chi connectivity index (χ0) is 15.5. The standard InChI is InChI=1S/C13H13BrClN3O2S/c1-2-17-12-5-6-16-8-13(12)21(19,20)18-11-4-3-9(15)7-10(11)14/h3-8,18H,2H2,1H3,(H,16,17). The average molecular weight is 391 g/mol. The fourth-order valence-corrected chi connectivity index (χ4v) is 3.82. The second-order valence-electron chi connectivity index (χ2n) is 4.13. The molecule has 21 heavy (non-hydrogen) atoms. The van der Waals surface area contributed by atoms with Crippen molar-refractivity contribution in [1.82, 2.24) is 4.98 Å². The maximum Gasteiger partial charge on any atom is 0.265 e. The molecule has 0 fully saturated rings. The summed E-state index contributed by atoms with van der Waals surface area (Å²) < 4.78 is 28.1. The summed E-state index contributed by atoms with van der Waals surface area (Å²) in [6.45, 7) is 2.50. The third-order valence-electron chi connectivity index (χ3n) is 2.62. The number of pyridine rings is 1. The van der Waals surface area contributed by atoms with Crippen molar-refractivity contribution in [3.8, 4) is 0 Å². The lowest BCUT2D eigenvalue weighted by Crippen LogP contribution is -2.16. The topological polar surface area (TPSA) is 71.1 Å². The Morgan fingerprint density at radius 2 is 2.05 bits per heavy atom. The Balaban J connectivity index is 2.39. The fourth-order valence-electron chi connectivity index (χ4n) is 1.70. The Morgan fingerprint density at radius 3 is 2.71 bits per heavy atom. The normalized spacial score (nSPS) is 11.2. The first-order chi connectivity index (χ1) is 9.94. The van der Waals surface area contributed by atoms with E-state index in [1.54, 1.807) is 24.3 Å². The molecule has 0 amide bonds. The first-order valence-corrected chi connectivity index (χ1v) is 8.75. The van der Waals surface area contributed by atoms with Gasteiger partial charge in [-0.3, -0.25) is 9.71 Å². The molecule has 0 spiro atoms. The van der Waals surface area contributed by atoms with Gasteiger partial charge in [-0.2, -0.15) is 0 Å². The van der Waals surface area contributed by atoms with E-state index < -0.39 is 10.0 Å². The van der Waals surface area contributed by atoms with Gasteiger partial charge in [0.25, 0.3) is 10.0 Å². The highest BCUT2D eigenvalue weighted by Gasteiger charge is 2.19. The van der Waals surface area contributed by atoms with Gasteiger partial charge in [-0.25, -0.2) is 8.42 Å². The number of hydrogen-bond acceptors (Lipinski definition) is 4. The highest BCUT2D eigenvalue weighted by Crippen LogP contribution is 2.29. The fraction of sp³-hybridized carbons (Fsp3) is 0.154. The van der Waals surface area contributed by atoms with Crippen LogP contribution in [0.15, 0.2) is 46.0 Å². The lowest BCUT2D eigenvalue weighted by atomic mass is 10.3. The van der Waals surface area contributed by atoms with Crippen LogP contribution in [0.4, 0.5) is 11.4 Å². The third-order valence-corrected chi connectivity index (χ3v) is 4.90. The van der Waals surface area contributed by atoms with Gasteiger partial charge in [-0.05, 0) is 47.1 Å². The summed E-state index contributed by atoms with van der Waals surface area (Å²) in [4.78, 5) is 3.97. The van der Waals surface area contributed by atoms with Crippen LogP contribution in [0.1, 0.15) is 6.92 Å². The molecule has 2 rings (SSSR count). The first-order valence-electron chi connectivity index (χ1n) is 6.10. The second-order valence-corrected chi connectivity index (χ2v) is 7.07. The van der Waals surface area contributed by atoms with Crippen LogP contribution in [0.25, 0.3) is 0 Å². The summed E-state index contributed by atoms with van der Waals surface area (Å²) in [5, 5.41) is 3.51. The van der Waals surface area contributed by atoms with E-state index in [0.29, 0.717) is 27.4 Å². The monoisotopic (exact) mass is 389 g/mol. The molecule has 1 aromatic carbocycles. The van der Waals surface area contributed by atoms with Crippen LogP contribution in [0.5, 0.6) is 0 Å². The number of aromatic nitrogens is 1. The number of benzene rings is 1. The first kappa shape index (κ1) is 16.1. The van der Waals surface area contributed by atoms with Crippen LogP contribution in [0.3, 0.4) is 0 Å². The Bertz CT molecular complexity index is 753. The molecule has 0 saturated heterocycles. The summed E-state index contributed by atoms with van der Waals surface area (Å²) in [7, 11) is -3.75. The van der Waals surface area contributed by atoms with E-state index in [-0.39, 0.29) is 4.90 Å². The molecule has 0 unspecified atom stereocenters. The van der Waals surface area contributed by atoms with Crippen molar-refractivity contribution in [3.63, 3.8) is 0 Å². The van der Waals surface area contributed by atoms with Gasteiger partial charge in [0, 0.05) is 28.4 Å². The summed E-state index contributed by atoms with van der Waals surface area (Å²) in [5.41, 5.74) is 0.913. The highest BCUT2D eigenvalue weighted by atomic mass is 79.9. The number of halogens is 2. The van der Waals surface area contributed by atoms with E-state index >= 15 is 0 Å². The molecular weight excluding hydrogens is 378 g/mol. The van der Waals surface area contributed by atoms with E-state index in [0.717, 1.165) is 0 Å². The lowest BCUT2D eigenvalue weighted by molar-refractivity contribution is 0.601. The zero-order valence-electron chi connectivity index (χ0n) is 11.1. The van der Waals surface area contributed by atoms with Crippen LogP contribution in [-0.4, -0.2) is 19.9 Å². The highest BCUT2D eigenvalue weighted by molar-refractivity contribution is 9.10. The molecule has 0 aliphatic rings. The van der Waals surface area contributed by atoms with E-state index in [9.17, 15) is 8.42 Å². The van der Waals surface area contributed by atoms with Gasteiger partial charge in [-0.15, -0.1) is 0 Å². The van der Waals surface area contributed by atoms with Crippen LogP contribution >= 0.6 is 27.5 Å². The summed E-state index contributed by atoms with van der Waals surface area (Å²) in [6, 6.07) is 6.44. The quantitative estimate of drug-likeness (QED) is 0.816. The van der Waals surface area contributed by atoms with Crippen molar-refractivity contribution in [3.05, 3.63) is 46.2 Å². The van der Waals surface area contributed by atoms with Gasteiger partial charge < -0.3 is 5.32 Å². The third kappa shape index (κ3) is 3.87. The molecule has 0 radical (unpaired) electrons. The minimum absolute atomic E-state index is 0.0914. The largest absolute Gasteiger partial charge is 0.384 e. The van der Waals surface area contributed by atoms with E-state index in [4.69, 9.17) is 11.6 Å². The number of sulfonamides is 1. The molecular formula is C13H13BrClN3O2S. The molecule has 8 heteroatoms. The minimum atomic E-state index is -3.75. The molecule has 0 atom stereocenters. The van der Waals surface area contributed by atoms with Gasteiger partial charge in [-0.1, -0.05) is 11.6 Å². The molecule has 5 nitrogen and oxygen atoms in total. The van der Waals surface area contributed by atoms with E-state index in [1.165, 1.54) is 12.4 Å². The van der Waals surface area contributed by atoms with Crippen LogP contribution in [0.2, 0.25) is 5.02 Å². The van der Waals surface area contributed by atoms with Crippen molar-refractivity contribution in [2.75, 3.05) is 16.6 Å². The molecule has 0 aliphatic carbocycles. The van der Waals surface area contributed by atoms with Crippen molar-refractivity contribution in [2.45, 2.75) is 11.8 Å².